The van der Waals surface area contributed by atoms with Crippen LogP contribution in [0, 0.1) is 0 Å². The lowest BCUT2D eigenvalue weighted by molar-refractivity contribution is -0.146. The minimum Gasteiger partial charge on any atom is -0.463 e. The molecule has 0 aromatic rings. The quantitative estimate of drug-likeness (QED) is 0.117. The van der Waals surface area contributed by atoms with Crippen molar-refractivity contribution < 1.29 is 28.5 Å². The van der Waals surface area contributed by atoms with E-state index in [2.05, 4.69) is 13.8 Å². The lowest BCUT2D eigenvalue weighted by Crippen LogP contribution is -2.11. The molecule has 6 heteroatoms. The molecule has 32 heavy (non-hydrogen) atoms. The van der Waals surface area contributed by atoms with E-state index < -0.39 is 0 Å². The maximum absolute atomic E-state index is 11.7. The first kappa shape index (κ1) is 30.9. The summed E-state index contributed by atoms with van der Waals surface area (Å²) in [5, 5.41) is 0. The molecule has 0 radical (unpaired) electrons. The Morgan fingerprint density at radius 2 is 0.812 bits per heavy atom. The third kappa shape index (κ3) is 25.1. The fourth-order valence-corrected chi connectivity index (χ4v) is 3.28. The fourth-order valence-electron chi connectivity index (χ4n) is 3.28. The molecule has 190 valence electrons. The van der Waals surface area contributed by atoms with Gasteiger partial charge in [-0.2, -0.15) is 0 Å². The first-order valence-corrected chi connectivity index (χ1v) is 13.2. The maximum atomic E-state index is 11.7. The van der Waals surface area contributed by atoms with Gasteiger partial charge in [0.1, 0.15) is 13.2 Å². The van der Waals surface area contributed by atoms with Crippen molar-refractivity contribution in [2.45, 2.75) is 117 Å². The van der Waals surface area contributed by atoms with Gasteiger partial charge in [0.15, 0.2) is 0 Å². The van der Waals surface area contributed by atoms with Gasteiger partial charge < -0.3 is 18.9 Å². The Morgan fingerprint density at radius 3 is 1.22 bits per heavy atom. The Kier molecular flexibility index (Phi) is 25.2. The molecule has 0 saturated heterocycles. The first-order chi connectivity index (χ1) is 15.7. The van der Waals surface area contributed by atoms with Crippen molar-refractivity contribution in [1.82, 2.24) is 0 Å². The van der Waals surface area contributed by atoms with Crippen LogP contribution >= 0.6 is 0 Å². The number of hydrogen-bond acceptors (Lipinski definition) is 6. The summed E-state index contributed by atoms with van der Waals surface area (Å²) in [5.74, 6) is -0.264. The van der Waals surface area contributed by atoms with Gasteiger partial charge >= 0.3 is 11.9 Å². The van der Waals surface area contributed by atoms with Crippen molar-refractivity contribution in [1.29, 1.82) is 0 Å². The molecule has 0 unspecified atom stereocenters. The summed E-state index contributed by atoms with van der Waals surface area (Å²) in [6.07, 6.45) is 16.4. The van der Waals surface area contributed by atoms with E-state index in [4.69, 9.17) is 18.9 Å². The molecule has 0 bridgehead atoms. The monoisotopic (exact) mass is 458 g/mol. The molecule has 0 aromatic heterocycles. The largest absolute Gasteiger partial charge is 0.463 e. The maximum Gasteiger partial charge on any atom is 0.305 e. The van der Waals surface area contributed by atoms with Gasteiger partial charge in [-0.05, 0) is 25.7 Å². The molecule has 0 N–H and O–H groups in total. The van der Waals surface area contributed by atoms with Crippen LogP contribution in [0.3, 0.4) is 0 Å². The zero-order chi connectivity index (χ0) is 23.5. The molecule has 0 fully saturated rings. The standard InChI is InChI=1S/C26H50O6/c1-3-5-7-15-19-29-21-23-31-25(27)17-13-11-9-10-12-14-18-26(28)32-24-22-30-20-16-8-6-4-2/h3-24H2,1-2H3. The van der Waals surface area contributed by atoms with E-state index in [1.165, 1.54) is 38.5 Å². The van der Waals surface area contributed by atoms with Crippen LogP contribution in [0.25, 0.3) is 0 Å². The summed E-state index contributed by atoms with van der Waals surface area (Å²) in [5.41, 5.74) is 0. The highest BCUT2D eigenvalue weighted by Gasteiger charge is 2.04. The number of hydrogen-bond donors (Lipinski definition) is 0. The third-order valence-electron chi connectivity index (χ3n) is 5.28. The second kappa shape index (κ2) is 26.1. The molecule has 0 aromatic carbocycles. The van der Waals surface area contributed by atoms with Crippen molar-refractivity contribution in [2.24, 2.45) is 0 Å². The fraction of sp³-hybridized carbons (Fsp3) is 0.923. The van der Waals surface area contributed by atoms with Gasteiger partial charge in [0.05, 0.1) is 13.2 Å². The van der Waals surface area contributed by atoms with Crippen LogP contribution < -0.4 is 0 Å². The number of rotatable bonds is 25. The number of esters is 2. The van der Waals surface area contributed by atoms with Crippen molar-refractivity contribution in [3.05, 3.63) is 0 Å². The van der Waals surface area contributed by atoms with Crippen LogP contribution in [-0.4, -0.2) is 51.6 Å². The van der Waals surface area contributed by atoms with E-state index >= 15 is 0 Å². The average molecular weight is 459 g/mol. The molecule has 0 amide bonds. The molecule has 6 nitrogen and oxygen atoms in total. The third-order valence-corrected chi connectivity index (χ3v) is 5.28. The minimum atomic E-state index is -0.132. The van der Waals surface area contributed by atoms with Crippen LogP contribution in [0.15, 0.2) is 0 Å². The predicted octanol–water partition coefficient (Wildman–Crippen LogP) is 6.39. The lowest BCUT2D eigenvalue weighted by atomic mass is 10.1. The summed E-state index contributed by atoms with van der Waals surface area (Å²) in [4.78, 5) is 23.4. The van der Waals surface area contributed by atoms with E-state index in [0.29, 0.717) is 39.3 Å². The van der Waals surface area contributed by atoms with Gasteiger partial charge in [0.2, 0.25) is 0 Å². The Labute approximate surface area is 197 Å². The second-order valence-corrected chi connectivity index (χ2v) is 8.41. The minimum absolute atomic E-state index is 0.132. The van der Waals surface area contributed by atoms with Gasteiger partial charge in [-0.3, -0.25) is 9.59 Å². The number of unbranched alkanes of at least 4 members (excludes halogenated alkanes) is 11. The van der Waals surface area contributed by atoms with Gasteiger partial charge in [-0.15, -0.1) is 0 Å². The first-order valence-electron chi connectivity index (χ1n) is 13.2. The van der Waals surface area contributed by atoms with Crippen LogP contribution in [0.4, 0.5) is 0 Å². The predicted molar refractivity (Wildman–Crippen MR) is 129 cm³/mol. The molecule has 0 aliphatic rings. The van der Waals surface area contributed by atoms with Crippen LogP contribution in [-0.2, 0) is 28.5 Å². The Bertz CT molecular complexity index is 375. The Balaban J connectivity index is 3.25. The zero-order valence-electron chi connectivity index (χ0n) is 21.0. The molecule has 0 heterocycles. The van der Waals surface area contributed by atoms with Gasteiger partial charge in [0.25, 0.3) is 0 Å². The number of carbonyl (C=O) groups is 2. The topological polar surface area (TPSA) is 71.1 Å². The van der Waals surface area contributed by atoms with E-state index in [1.807, 2.05) is 0 Å². The Hall–Kier alpha value is -1.14. The highest BCUT2D eigenvalue weighted by Crippen LogP contribution is 2.09. The molecule has 0 spiro atoms. The van der Waals surface area contributed by atoms with Gasteiger partial charge in [-0.1, -0.05) is 78.1 Å². The van der Waals surface area contributed by atoms with Crippen molar-refractivity contribution in [3.63, 3.8) is 0 Å². The van der Waals surface area contributed by atoms with E-state index in [-0.39, 0.29) is 11.9 Å². The summed E-state index contributed by atoms with van der Waals surface area (Å²) in [6.45, 7) is 7.58. The highest BCUT2D eigenvalue weighted by molar-refractivity contribution is 5.69. The molecular weight excluding hydrogens is 408 g/mol. The number of carbonyl (C=O) groups excluding carboxylic acids is 2. The summed E-state index contributed by atoms with van der Waals surface area (Å²) in [6, 6.07) is 0. The van der Waals surface area contributed by atoms with Crippen molar-refractivity contribution in [2.75, 3.05) is 39.6 Å². The Morgan fingerprint density at radius 1 is 0.438 bits per heavy atom. The van der Waals surface area contributed by atoms with Crippen LogP contribution in [0.1, 0.15) is 117 Å². The summed E-state index contributed by atoms with van der Waals surface area (Å²) < 4.78 is 21.3. The molecule has 0 aliphatic carbocycles. The van der Waals surface area contributed by atoms with Crippen molar-refractivity contribution >= 4 is 11.9 Å². The summed E-state index contributed by atoms with van der Waals surface area (Å²) in [7, 11) is 0. The van der Waals surface area contributed by atoms with E-state index in [0.717, 1.165) is 64.6 Å². The normalized spacial score (nSPS) is 10.9. The zero-order valence-corrected chi connectivity index (χ0v) is 21.0. The molecular formula is C26H50O6. The lowest BCUT2D eigenvalue weighted by Gasteiger charge is -2.07. The van der Waals surface area contributed by atoms with Gasteiger partial charge in [0, 0.05) is 26.1 Å². The van der Waals surface area contributed by atoms with Crippen molar-refractivity contribution in [3.8, 4) is 0 Å². The van der Waals surface area contributed by atoms with E-state index in [1.54, 1.807) is 0 Å². The second-order valence-electron chi connectivity index (χ2n) is 8.41. The van der Waals surface area contributed by atoms with Crippen LogP contribution in [0.5, 0.6) is 0 Å². The van der Waals surface area contributed by atoms with Crippen LogP contribution in [0.2, 0.25) is 0 Å². The molecule has 0 atom stereocenters. The summed E-state index contributed by atoms with van der Waals surface area (Å²) >= 11 is 0. The van der Waals surface area contributed by atoms with E-state index in [9.17, 15) is 9.59 Å². The van der Waals surface area contributed by atoms with Gasteiger partial charge in [-0.25, -0.2) is 0 Å². The highest BCUT2D eigenvalue weighted by atomic mass is 16.6. The molecule has 0 rings (SSSR count). The molecule has 0 saturated carbocycles. The number of ether oxygens (including phenoxy) is 4. The average Bonchev–Trinajstić information content (AvgIpc) is 2.79. The SMILES string of the molecule is CCCCCCOCCOC(=O)CCCCCCCCC(=O)OCCOCCCCCC. The molecule has 0 aliphatic heterocycles. The smallest absolute Gasteiger partial charge is 0.305 e.